The number of amides is 2. The number of halogens is 2. The Bertz CT molecular complexity index is 705. The van der Waals surface area contributed by atoms with Crippen LogP contribution in [0.25, 0.3) is 0 Å². The molecule has 0 aliphatic heterocycles. The third kappa shape index (κ3) is 4.88. The Morgan fingerprint density at radius 2 is 1.78 bits per heavy atom. The minimum atomic E-state index is -0.853. The molecular weight excluding hydrogens is 302 g/mol. The van der Waals surface area contributed by atoms with Crippen LogP contribution < -0.4 is 10.6 Å². The molecule has 6 heteroatoms. The van der Waals surface area contributed by atoms with Gasteiger partial charge in [-0.3, -0.25) is 9.59 Å². The molecule has 0 spiro atoms. The zero-order valence-electron chi connectivity index (χ0n) is 12.5. The minimum Gasteiger partial charge on any atom is -0.349 e. The standard InChI is InChI=1S/C17H16F2N2O2/c1-11(22)20-16(12-5-3-2-4-6-12)10-17(23)21-15-8-7-13(18)9-14(15)19/h2-9,16H,10H2,1H3,(H,20,22)(H,21,23)/t16-/m1/s1. The molecule has 4 nitrogen and oxygen atoms in total. The largest absolute Gasteiger partial charge is 0.349 e. The Morgan fingerprint density at radius 1 is 1.09 bits per heavy atom. The van der Waals surface area contributed by atoms with E-state index in [1.807, 2.05) is 6.07 Å². The van der Waals surface area contributed by atoms with Gasteiger partial charge in [-0.25, -0.2) is 8.78 Å². The summed E-state index contributed by atoms with van der Waals surface area (Å²) in [6.45, 7) is 1.35. The summed E-state index contributed by atoms with van der Waals surface area (Å²) < 4.78 is 26.4. The third-order valence-corrected chi connectivity index (χ3v) is 3.17. The predicted molar refractivity (Wildman–Crippen MR) is 82.6 cm³/mol. The highest BCUT2D eigenvalue weighted by Crippen LogP contribution is 2.19. The fraction of sp³-hybridized carbons (Fsp3) is 0.176. The topological polar surface area (TPSA) is 58.2 Å². The van der Waals surface area contributed by atoms with E-state index in [4.69, 9.17) is 0 Å². The molecule has 0 aromatic heterocycles. The highest BCUT2D eigenvalue weighted by atomic mass is 19.1. The van der Waals surface area contributed by atoms with E-state index in [-0.39, 0.29) is 18.0 Å². The monoisotopic (exact) mass is 318 g/mol. The van der Waals surface area contributed by atoms with Crippen LogP contribution in [0.5, 0.6) is 0 Å². The number of carbonyl (C=O) groups is 2. The zero-order valence-corrected chi connectivity index (χ0v) is 12.5. The van der Waals surface area contributed by atoms with Crippen LogP contribution in [0.3, 0.4) is 0 Å². The van der Waals surface area contributed by atoms with Crippen molar-refractivity contribution in [1.29, 1.82) is 0 Å². The van der Waals surface area contributed by atoms with E-state index < -0.39 is 23.6 Å². The van der Waals surface area contributed by atoms with Crippen LogP contribution in [0.2, 0.25) is 0 Å². The molecule has 2 aromatic rings. The first-order chi connectivity index (χ1) is 11.0. The summed E-state index contributed by atoms with van der Waals surface area (Å²) in [5.41, 5.74) is 0.656. The number of hydrogen-bond donors (Lipinski definition) is 2. The number of anilines is 1. The number of nitrogens with one attached hydrogen (secondary N) is 2. The average Bonchev–Trinajstić information content (AvgIpc) is 2.50. The second-order valence-corrected chi connectivity index (χ2v) is 5.04. The molecule has 0 bridgehead atoms. The van der Waals surface area contributed by atoms with Gasteiger partial charge in [0.15, 0.2) is 0 Å². The van der Waals surface area contributed by atoms with Crippen molar-refractivity contribution < 1.29 is 18.4 Å². The van der Waals surface area contributed by atoms with Gasteiger partial charge in [0, 0.05) is 13.0 Å². The van der Waals surface area contributed by atoms with Gasteiger partial charge < -0.3 is 10.6 Å². The molecule has 0 radical (unpaired) electrons. The molecule has 0 heterocycles. The normalized spacial score (nSPS) is 11.6. The first kappa shape index (κ1) is 16.6. The lowest BCUT2D eigenvalue weighted by Crippen LogP contribution is -2.29. The molecule has 23 heavy (non-hydrogen) atoms. The van der Waals surface area contributed by atoms with E-state index >= 15 is 0 Å². The van der Waals surface area contributed by atoms with Crippen LogP contribution >= 0.6 is 0 Å². The van der Waals surface area contributed by atoms with E-state index in [9.17, 15) is 18.4 Å². The molecule has 0 unspecified atom stereocenters. The molecule has 1 atom stereocenters. The summed E-state index contributed by atoms with van der Waals surface area (Å²) in [6, 6.07) is 11.3. The van der Waals surface area contributed by atoms with Crippen LogP contribution in [0.1, 0.15) is 24.9 Å². The minimum absolute atomic E-state index is 0.0690. The van der Waals surface area contributed by atoms with E-state index in [1.165, 1.54) is 6.92 Å². The van der Waals surface area contributed by atoms with E-state index in [0.717, 1.165) is 17.7 Å². The second kappa shape index (κ2) is 7.49. The molecule has 2 aromatic carbocycles. The molecule has 0 saturated heterocycles. The molecule has 0 aliphatic rings. The van der Waals surface area contributed by atoms with Crippen LogP contribution in [0.4, 0.5) is 14.5 Å². The summed E-state index contributed by atoms with van der Waals surface area (Å²) in [7, 11) is 0. The lowest BCUT2D eigenvalue weighted by Gasteiger charge is -2.18. The Hall–Kier alpha value is -2.76. The van der Waals surface area contributed by atoms with Crippen molar-refractivity contribution in [2.75, 3.05) is 5.32 Å². The molecule has 0 aliphatic carbocycles. The van der Waals surface area contributed by atoms with Gasteiger partial charge in [-0.2, -0.15) is 0 Å². The maximum atomic E-state index is 13.6. The van der Waals surface area contributed by atoms with Crippen LogP contribution in [0.15, 0.2) is 48.5 Å². The summed E-state index contributed by atoms with van der Waals surface area (Å²) in [5, 5.41) is 5.06. The van der Waals surface area contributed by atoms with Crippen molar-refractivity contribution in [2.24, 2.45) is 0 Å². The van der Waals surface area contributed by atoms with E-state index in [1.54, 1.807) is 24.3 Å². The average molecular weight is 318 g/mol. The Labute approximate surface area is 132 Å². The van der Waals surface area contributed by atoms with Crippen molar-refractivity contribution in [3.05, 3.63) is 65.7 Å². The smallest absolute Gasteiger partial charge is 0.226 e. The van der Waals surface area contributed by atoms with Gasteiger partial charge in [0.1, 0.15) is 11.6 Å². The maximum Gasteiger partial charge on any atom is 0.226 e. The van der Waals surface area contributed by atoms with Gasteiger partial charge in [-0.15, -0.1) is 0 Å². The predicted octanol–water partition coefficient (Wildman–Crippen LogP) is 3.17. The Morgan fingerprint density at radius 3 is 2.39 bits per heavy atom. The summed E-state index contributed by atoms with van der Waals surface area (Å²) in [5.74, 6) is -2.34. The lowest BCUT2D eigenvalue weighted by atomic mass is 10.0. The number of carbonyl (C=O) groups excluding carboxylic acids is 2. The molecule has 2 N–H and O–H groups in total. The van der Waals surface area contributed by atoms with Crippen molar-refractivity contribution in [3.63, 3.8) is 0 Å². The molecule has 120 valence electrons. The Balaban J connectivity index is 2.09. The number of hydrogen-bond acceptors (Lipinski definition) is 2. The van der Waals surface area contributed by atoms with Crippen LogP contribution in [-0.2, 0) is 9.59 Å². The molecule has 0 saturated carbocycles. The highest BCUT2D eigenvalue weighted by Gasteiger charge is 2.18. The van der Waals surface area contributed by atoms with Gasteiger partial charge in [0.25, 0.3) is 0 Å². The first-order valence-electron chi connectivity index (χ1n) is 7.02. The second-order valence-electron chi connectivity index (χ2n) is 5.04. The van der Waals surface area contributed by atoms with Gasteiger partial charge in [-0.05, 0) is 17.7 Å². The maximum absolute atomic E-state index is 13.6. The quantitative estimate of drug-likeness (QED) is 0.889. The Kier molecular flexibility index (Phi) is 5.41. The van der Waals surface area contributed by atoms with Crippen LogP contribution in [0, 0.1) is 11.6 Å². The SMILES string of the molecule is CC(=O)N[C@H](CC(=O)Nc1ccc(F)cc1F)c1ccccc1. The molecule has 2 amide bonds. The molecular formula is C17H16F2N2O2. The molecule has 2 rings (SSSR count). The van der Waals surface area contributed by atoms with Crippen molar-refractivity contribution in [2.45, 2.75) is 19.4 Å². The molecule has 0 fully saturated rings. The fourth-order valence-corrected chi connectivity index (χ4v) is 2.16. The highest BCUT2D eigenvalue weighted by molar-refractivity contribution is 5.91. The zero-order chi connectivity index (χ0) is 16.8. The van der Waals surface area contributed by atoms with Crippen LogP contribution in [-0.4, -0.2) is 11.8 Å². The summed E-state index contributed by atoms with van der Waals surface area (Å²) >= 11 is 0. The van der Waals surface area contributed by atoms with E-state index in [2.05, 4.69) is 10.6 Å². The van der Waals surface area contributed by atoms with Gasteiger partial charge in [0.05, 0.1) is 18.2 Å². The van der Waals surface area contributed by atoms with Crippen molar-refractivity contribution >= 4 is 17.5 Å². The fourth-order valence-electron chi connectivity index (χ4n) is 2.16. The van der Waals surface area contributed by atoms with Crippen molar-refractivity contribution in [3.8, 4) is 0 Å². The third-order valence-electron chi connectivity index (χ3n) is 3.17. The van der Waals surface area contributed by atoms with Gasteiger partial charge in [-0.1, -0.05) is 30.3 Å². The summed E-state index contributed by atoms with van der Waals surface area (Å²) in [4.78, 5) is 23.4. The first-order valence-corrected chi connectivity index (χ1v) is 7.02. The number of rotatable bonds is 5. The van der Waals surface area contributed by atoms with Gasteiger partial charge >= 0.3 is 0 Å². The lowest BCUT2D eigenvalue weighted by molar-refractivity contribution is -0.120. The van der Waals surface area contributed by atoms with E-state index in [0.29, 0.717) is 6.07 Å². The summed E-state index contributed by atoms with van der Waals surface area (Å²) in [6.07, 6.45) is -0.0690. The van der Waals surface area contributed by atoms with Gasteiger partial charge in [0.2, 0.25) is 11.8 Å². The number of benzene rings is 2. The van der Waals surface area contributed by atoms with Crippen molar-refractivity contribution in [1.82, 2.24) is 5.32 Å².